The van der Waals surface area contributed by atoms with Gasteiger partial charge >= 0.3 is 5.97 Å². The molecule has 144 valence electrons. The minimum Gasteiger partial charge on any atom is -0.455 e. The number of esters is 1. The van der Waals surface area contributed by atoms with Crippen LogP contribution < -0.4 is 14.8 Å². The summed E-state index contributed by atoms with van der Waals surface area (Å²) in [7, 11) is 0. The van der Waals surface area contributed by atoms with Crippen LogP contribution in [-0.4, -0.2) is 44.9 Å². The predicted octanol–water partition coefficient (Wildman–Crippen LogP) is 1.19. The van der Waals surface area contributed by atoms with Crippen LogP contribution in [0.25, 0.3) is 5.78 Å². The molecule has 1 N–H and O–H groups in total. The maximum absolute atomic E-state index is 12.2. The lowest BCUT2D eigenvalue weighted by molar-refractivity contribution is -0.146. The van der Waals surface area contributed by atoms with Gasteiger partial charge < -0.3 is 19.5 Å². The summed E-state index contributed by atoms with van der Waals surface area (Å²) in [6.45, 7) is 3.37. The Balaban J connectivity index is 1.35. The van der Waals surface area contributed by atoms with Gasteiger partial charge in [-0.05, 0) is 26.0 Å². The fourth-order valence-electron chi connectivity index (χ4n) is 2.92. The summed E-state index contributed by atoms with van der Waals surface area (Å²) in [5, 5.41) is 6.73. The van der Waals surface area contributed by atoms with Gasteiger partial charge in [0, 0.05) is 28.7 Å². The van der Waals surface area contributed by atoms with Gasteiger partial charge in [0.25, 0.3) is 11.7 Å². The highest BCUT2D eigenvalue weighted by molar-refractivity contribution is 5.93. The van der Waals surface area contributed by atoms with Crippen molar-refractivity contribution in [1.29, 1.82) is 0 Å². The zero-order valence-electron chi connectivity index (χ0n) is 15.3. The lowest BCUT2D eigenvalue weighted by Crippen LogP contribution is -2.22. The number of rotatable bonds is 5. The van der Waals surface area contributed by atoms with E-state index in [0.29, 0.717) is 34.2 Å². The number of nitrogens with one attached hydrogen (secondary N) is 1. The first-order valence-electron chi connectivity index (χ1n) is 8.52. The molecule has 10 heteroatoms. The zero-order valence-corrected chi connectivity index (χ0v) is 15.3. The van der Waals surface area contributed by atoms with E-state index in [1.54, 1.807) is 29.6 Å². The van der Waals surface area contributed by atoms with Crippen LogP contribution in [0.15, 0.2) is 24.5 Å². The van der Waals surface area contributed by atoms with Gasteiger partial charge in [-0.3, -0.25) is 9.59 Å². The van der Waals surface area contributed by atoms with Crippen molar-refractivity contribution in [1.82, 2.24) is 19.6 Å². The number of ether oxygens (including phenoxy) is 3. The van der Waals surface area contributed by atoms with Gasteiger partial charge in [-0.15, -0.1) is 0 Å². The van der Waals surface area contributed by atoms with Gasteiger partial charge in [0.15, 0.2) is 18.1 Å². The number of carbonyl (C=O) groups excluding carboxylic acids is 2. The van der Waals surface area contributed by atoms with E-state index in [1.165, 1.54) is 6.33 Å². The third-order valence-electron chi connectivity index (χ3n) is 4.33. The number of hydrogen-bond acceptors (Lipinski definition) is 8. The molecule has 0 atom stereocenters. The average molecular weight is 383 g/mol. The van der Waals surface area contributed by atoms with Crippen LogP contribution in [0.1, 0.15) is 17.0 Å². The number of anilines is 1. The number of nitrogens with zero attached hydrogens (tertiary/aromatic N) is 4. The second-order valence-corrected chi connectivity index (χ2v) is 6.19. The van der Waals surface area contributed by atoms with Gasteiger partial charge in [0.05, 0.1) is 6.42 Å². The van der Waals surface area contributed by atoms with Gasteiger partial charge in [-0.25, -0.2) is 9.50 Å². The average Bonchev–Trinajstić information content (AvgIpc) is 3.32. The van der Waals surface area contributed by atoms with Crippen molar-refractivity contribution in [2.75, 3.05) is 18.7 Å². The van der Waals surface area contributed by atoms with Gasteiger partial charge in [-0.2, -0.15) is 10.1 Å². The standard InChI is InChI=1S/C18H17N5O5/c1-10-13(11(2)23-18(21-10)19-8-20-23)6-17(25)26-7-16(24)22-12-3-4-14-15(5-12)28-9-27-14/h3-5,8H,6-7,9H2,1-2H3,(H,22,24). The Morgan fingerprint density at radius 2 is 2.07 bits per heavy atom. The van der Waals surface area contributed by atoms with Crippen molar-refractivity contribution in [2.45, 2.75) is 20.3 Å². The molecular formula is C18H17N5O5. The topological polar surface area (TPSA) is 117 Å². The molecule has 4 rings (SSSR count). The molecule has 0 radical (unpaired) electrons. The molecule has 28 heavy (non-hydrogen) atoms. The Labute approximate surface area is 159 Å². The molecule has 1 aliphatic heterocycles. The first-order valence-corrected chi connectivity index (χ1v) is 8.52. The second kappa shape index (κ2) is 7.14. The van der Waals surface area contributed by atoms with Crippen LogP contribution in [-0.2, 0) is 20.7 Å². The molecule has 0 bridgehead atoms. The number of amides is 1. The monoisotopic (exact) mass is 383 g/mol. The summed E-state index contributed by atoms with van der Waals surface area (Å²) in [5.41, 5.74) is 2.64. The largest absolute Gasteiger partial charge is 0.455 e. The molecule has 0 spiro atoms. The summed E-state index contributed by atoms with van der Waals surface area (Å²) >= 11 is 0. The Morgan fingerprint density at radius 3 is 2.93 bits per heavy atom. The summed E-state index contributed by atoms with van der Waals surface area (Å²) in [5.74, 6) is 0.652. The highest BCUT2D eigenvalue weighted by Gasteiger charge is 2.17. The third-order valence-corrected chi connectivity index (χ3v) is 4.33. The second-order valence-electron chi connectivity index (χ2n) is 6.19. The van der Waals surface area contributed by atoms with E-state index in [0.717, 1.165) is 5.69 Å². The van der Waals surface area contributed by atoms with Crippen molar-refractivity contribution in [3.05, 3.63) is 41.5 Å². The number of benzene rings is 1. The zero-order chi connectivity index (χ0) is 19.7. The van der Waals surface area contributed by atoms with E-state index in [4.69, 9.17) is 14.2 Å². The maximum Gasteiger partial charge on any atom is 0.310 e. The highest BCUT2D eigenvalue weighted by Crippen LogP contribution is 2.34. The van der Waals surface area contributed by atoms with Crippen LogP contribution in [0.5, 0.6) is 11.5 Å². The fraction of sp³-hybridized carbons (Fsp3) is 0.278. The summed E-state index contributed by atoms with van der Waals surface area (Å²) in [6.07, 6.45) is 1.38. The molecule has 0 aliphatic carbocycles. The summed E-state index contributed by atoms with van der Waals surface area (Å²) in [6, 6.07) is 5.02. The number of aryl methyl sites for hydroxylation is 2. The molecule has 1 aliphatic rings. The molecule has 0 fully saturated rings. The van der Waals surface area contributed by atoms with Crippen LogP contribution >= 0.6 is 0 Å². The lowest BCUT2D eigenvalue weighted by atomic mass is 10.1. The van der Waals surface area contributed by atoms with E-state index >= 15 is 0 Å². The number of fused-ring (bicyclic) bond motifs is 2. The van der Waals surface area contributed by atoms with E-state index in [2.05, 4.69) is 20.4 Å². The van der Waals surface area contributed by atoms with Crippen molar-refractivity contribution in [3.8, 4) is 11.5 Å². The van der Waals surface area contributed by atoms with Gasteiger partial charge in [0.1, 0.15) is 6.33 Å². The molecule has 1 aromatic carbocycles. The minimum atomic E-state index is -0.534. The van der Waals surface area contributed by atoms with Crippen molar-refractivity contribution < 1.29 is 23.8 Å². The summed E-state index contributed by atoms with van der Waals surface area (Å²) < 4.78 is 17.1. The van der Waals surface area contributed by atoms with Crippen molar-refractivity contribution in [2.24, 2.45) is 0 Å². The molecule has 0 saturated heterocycles. The Hall–Kier alpha value is -3.69. The lowest BCUT2D eigenvalue weighted by Gasteiger charge is -2.10. The molecule has 10 nitrogen and oxygen atoms in total. The number of carbonyl (C=O) groups is 2. The molecule has 1 amide bonds. The molecule has 0 saturated carbocycles. The Morgan fingerprint density at radius 1 is 1.25 bits per heavy atom. The third kappa shape index (κ3) is 3.43. The van der Waals surface area contributed by atoms with E-state index in [-0.39, 0.29) is 13.2 Å². The van der Waals surface area contributed by atoms with Gasteiger partial charge in [-0.1, -0.05) is 0 Å². The molecule has 3 aromatic rings. The smallest absolute Gasteiger partial charge is 0.310 e. The summed E-state index contributed by atoms with van der Waals surface area (Å²) in [4.78, 5) is 32.6. The highest BCUT2D eigenvalue weighted by atomic mass is 16.7. The fourth-order valence-corrected chi connectivity index (χ4v) is 2.92. The van der Waals surface area contributed by atoms with E-state index in [9.17, 15) is 9.59 Å². The molecule has 2 aromatic heterocycles. The van der Waals surface area contributed by atoms with Gasteiger partial charge in [0.2, 0.25) is 6.79 Å². The first kappa shape index (κ1) is 17.7. The first-order chi connectivity index (χ1) is 13.5. The van der Waals surface area contributed by atoms with E-state index < -0.39 is 18.5 Å². The Bertz CT molecular complexity index is 1080. The van der Waals surface area contributed by atoms with Crippen LogP contribution in [0.3, 0.4) is 0 Å². The number of hydrogen-bond donors (Lipinski definition) is 1. The SMILES string of the molecule is Cc1nc2ncnn2c(C)c1CC(=O)OCC(=O)Nc1ccc2c(c1)OCO2. The van der Waals surface area contributed by atoms with Crippen LogP contribution in [0, 0.1) is 13.8 Å². The van der Waals surface area contributed by atoms with Crippen molar-refractivity contribution >= 4 is 23.3 Å². The predicted molar refractivity (Wildman–Crippen MR) is 96.1 cm³/mol. The van der Waals surface area contributed by atoms with E-state index in [1.807, 2.05) is 6.92 Å². The minimum absolute atomic E-state index is 0.0161. The van der Waals surface area contributed by atoms with Crippen LogP contribution in [0.4, 0.5) is 5.69 Å². The quantitative estimate of drug-likeness (QED) is 0.653. The normalized spacial score (nSPS) is 12.2. The Kier molecular flexibility index (Phi) is 4.52. The van der Waals surface area contributed by atoms with Crippen molar-refractivity contribution in [3.63, 3.8) is 0 Å². The number of aromatic nitrogens is 4. The molecular weight excluding hydrogens is 366 g/mol. The molecule has 0 unspecified atom stereocenters. The maximum atomic E-state index is 12.2. The van der Waals surface area contributed by atoms with Crippen LogP contribution in [0.2, 0.25) is 0 Å². The molecule has 3 heterocycles.